The smallest absolute Gasteiger partial charge is 0.0407 e. The zero-order valence-corrected chi connectivity index (χ0v) is 7.06. The summed E-state index contributed by atoms with van der Waals surface area (Å²) in [5.41, 5.74) is 0. The van der Waals surface area contributed by atoms with Gasteiger partial charge in [-0.3, -0.25) is 0 Å². The van der Waals surface area contributed by atoms with Gasteiger partial charge in [0.05, 0.1) is 0 Å². The van der Waals surface area contributed by atoms with Crippen LogP contribution in [0, 0.1) is 7.05 Å². The second kappa shape index (κ2) is 7.03. The fourth-order valence-corrected chi connectivity index (χ4v) is 0.945. The molecule has 2 radical (unpaired) electrons. The summed E-state index contributed by atoms with van der Waals surface area (Å²) in [5, 5.41) is 2.64. The molecule has 0 bridgehead atoms. The average molecular weight is 142 g/mol. The monoisotopic (exact) mass is 142 g/mol. The molecule has 0 aliphatic carbocycles. The Hall–Kier alpha value is -0.0800. The Morgan fingerprint density at radius 2 is 1.90 bits per heavy atom. The van der Waals surface area contributed by atoms with Crippen LogP contribution in [0.3, 0.4) is 0 Å². The van der Waals surface area contributed by atoms with Crippen LogP contribution in [0.25, 0.3) is 0 Å². The normalized spacial score (nSPS) is 10.8. The van der Waals surface area contributed by atoms with Gasteiger partial charge in [-0.15, -0.1) is 0 Å². The number of hydrogen-bond acceptors (Lipinski definition) is 2. The van der Waals surface area contributed by atoms with Crippen molar-refractivity contribution in [2.75, 3.05) is 26.2 Å². The Balaban J connectivity index is 3.09. The van der Waals surface area contributed by atoms with E-state index in [1.807, 2.05) is 0 Å². The highest BCUT2D eigenvalue weighted by Crippen LogP contribution is 1.88. The van der Waals surface area contributed by atoms with Crippen LogP contribution in [0.15, 0.2) is 0 Å². The van der Waals surface area contributed by atoms with E-state index in [1.54, 1.807) is 0 Å². The summed E-state index contributed by atoms with van der Waals surface area (Å²) >= 11 is 0. The van der Waals surface area contributed by atoms with Crippen molar-refractivity contribution >= 4 is 0 Å². The maximum Gasteiger partial charge on any atom is 0.0407 e. The molecule has 0 aromatic carbocycles. The van der Waals surface area contributed by atoms with Gasteiger partial charge in [0.2, 0.25) is 0 Å². The third-order valence-corrected chi connectivity index (χ3v) is 1.69. The first kappa shape index (κ1) is 9.92. The molecule has 0 amide bonds. The number of nitrogens with zero attached hydrogens (tertiary/aromatic N) is 1. The van der Waals surface area contributed by atoms with Crippen molar-refractivity contribution in [3.05, 3.63) is 7.05 Å². The molecule has 0 heterocycles. The largest absolute Gasteiger partial charge is 0.311 e. The van der Waals surface area contributed by atoms with E-state index in [9.17, 15) is 0 Å². The van der Waals surface area contributed by atoms with E-state index in [-0.39, 0.29) is 0 Å². The third-order valence-electron chi connectivity index (χ3n) is 1.69. The maximum atomic E-state index is 5.13. The van der Waals surface area contributed by atoms with Crippen molar-refractivity contribution in [2.45, 2.75) is 20.3 Å². The van der Waals surface area contributed by atoms with Gasteiger partial charge in [-0.2, -0.15) is 0 Å². The molecule has 0 atom stereocenters. The van der Waals surface area contributed by atoms with Crippen LogP contribution in [0.4, 0.5) is 0 Å². The maximum absolute atomic E-state index is 5.13. The van der Waals surface area contributed by atoms with E-state index >= 15 is 0 Å². The van der Waals surface area contributed by atoms with Crippen LogP contribution in [0.2, 0.25) is 0 Å². The highest BCUT2D eigenvalue weighted by molar-refractivity contribution is 4.53. The topological polar surface area (TPSA) is 15.3 Å². The first-order valence-electron chi connectivity index (χ1n) is 4.01. The first-order chi connectivity index (χ1) is 4.85. The van der Waals surface area contributed by atoms with E-state index in [2.05, 4.69) is 24.1 Å². The molecule has 0 saturated carbocycles. The summed E-state index contributed by atoms with van der Waals surface area (Å²) in [6.45, 7) is 8.70. The lowest BCUT2D eigenvalue weighted by atomic mass is 10.4. The van der Waals surface area contributed by atoms with Crippen molar-refractivity contribution in [1.29, 1.82) is 0 Å². The van der Waals surface area contributed by atoms with Gasteiger partial charge in [0.25, 0.3) is 0 Å². The molecule has 10 heavy (non-hydrogen) atoms. The van der Waals surface area contributed by atoms with Gasteiger partial charge >= 0.3 is 0 Å². The minimum atomic E-state index is 0.913. The van der Waals surface area contributed by atoms with E-state index in [4.69, 9.17) is 7.05 Å². The van der Waals surface area contributed by atoms with Crippen LogP contribution in [-0.4, -0.2) is 31.1 Å². The Labute approximate surface area is 64.6 Å². The summed E-state index contributed by atoms with van der Waals surface area (Å²) in [7, 11) is 5.13. The van der Waals surface area contributed by atoms with Crippen molar-refractivity contribution in [3.63, 3.8) is 0 Å². The fourth-order valence-electron chi connectivity index (χ4n) is 0.945. The molecule has 0 aliphatic heterocycles. The Morgan fingerprint density at radius 3 is 2.30 bits per heavy atom. The van der Waals surface area contributed by atoms with Gasteiger partial charge in [0.15, 0.2) is 0 Å². The summed E-state index contributed by atoms with van der Waals surface area (Å²) < 4.78 is 0. The van der Waals surface area contributed by atoms with Crippen molar-refractivity contribution < 1.29 is 0 Å². The van der Waals surface area contributed by atoms with Crippen molar-refractivity contribution in [1.82, 2.24) is 10.2 Å². The lowest BCUT2D eigenvalue weighted by Gasteiger charge is -2.17. The molecule has 0 rings (SSSR count). The lowest BCUT2D eigenvalue weighted by Crippen LogP contribution is -2.25. The SMILES string of the molecule is [CH]NCCCN(CC)CC. The zero-order valence-electron chi connectivity index (χ0n) is 7.06. The molecule has 60 valence electrons. The highest BCUT2D eigenvalue weighted by atomic mass is 15.1. The molecule has 0 aromatic rings. The number of hydrogen-bond donors (Lipinski definition) is 1. The minimum absolute atomic E-state index is 0.913. The quantitative estimate of drug-likeness (QED) is 0.439. The molecule has 0 spiro atoms. The van der Waals surface area contributed by atoms with Gasteiger partial charge in [0, 0.05) is 7.05 Å². The number of nitrogens with one attached hydrogen (secondary N) is 1. The van der Waals surface area contributed by atoms with Crippen LogP contribution in [0.5, 0.6) is 0 Å². The minimum Gasteiger partial charge on any atom is -0.311 e. The second-order valence-corrected chi connectivity index (χ2v) is 2.33. The predicted octanol–water partition coefficient (Wildman–Crippen LogP) is 0.976. The zero-order chi connectivity index (χ0) is 7.82. The van der Waals surface area contributed by atoms with Crippen molar-refractivity contribution in [3.8, 4) is 0 Å². The molecule has 0 unspecified atom stereocenters. The average Bonchev–Trinajstić information content (AvgIpc) is 1.99. The molecule has 2 heteroatoms. The third kappa shape index (κ3) is 4.77. The number of rotatable bonds is 6. The van der Waals surface area contributed by atoms with Crippen LogP contribution in [0.1, 0.15) is 20.3 Å². The molecule has 1 N–H and O–H groups in total. The molecule has 0 aliphatic rings. The Kier molecular flexibility index (Phi) is 6.98. The first-order valence-corrected chi connectivity index (χ1v) is 4.01. The Morgan fingerprint density at radius 1 is 1.30 bits per heavy atom. The van der Waals surface area contributed by atoms with Gasteiger partial charge in [-0.05, 0) is 32.6 Å². The Bertz CT molecular complexity index is 60.3. The standard InChI is InChI=1S/C8H18N2/c1-4-10(5-2)8-6-7-9-3/h3,9H,4-8H2,1-2H3. The summed E-state index contributed by atoms with van der Waals surface area (Å²) in [5.74, 6) is 0. The molecule has 0 aromatic heterocycles. The highest BCUT2D eigenvalue weighted by Gasteiger charge is 1.95. The van der Waals surface area contributed by atoms with Crippen molar-refractivity contribution in [2.24, 2.45) is 0 Å². The second-order valence-electron chi connectivity index (χ2n) is 2.33. The van der Waals surface area contributed by atoms with Crippen LogP contribution in [-0.2, 0) is 0 Å². The molecule has 0 saturated heterocycles. The van der Waals surface area contributed by atoms with Gasteiger partial charge < -0.3 is 10.2 Å². The van der Waals surface area contributed by atoms with E-state index in [0.717, 1.165) is 32.6 Å². The van der Waals surface area contributed by atoms with Gasteiger partial charge in [-0.25, -0.2) is 0 Å². The van der Waals surface area contributed by atoms with Crippen LogP contribution >= 0.6 is 0 Å². The van der Waals surface area contributed by atoms with Crippen LogP contribution < -0.4 is 5.32 Å². The molecule has 0 fully saturated rings. The lowest BCUT2D eigenvalue weighted by molar-refractivity contribution is 0.299. The summed E-state index contributed by atoms with van der Waals surface area (Å²) in [6.07, 6.45) is 1.14. The summed E-state index contributed by atoms with van der Waals surface area (Å²) in [4.78, 5) is 2.39. The molecule has 2 nitrogen and oxygen atoms in total. The van der Waals surface area contributed by atoms with E-state index in [1.165, 1.54) is 0 Å². The predicted molar refractivity (Wildman–Crippen MR) is 44.7 cm³/mol. The van der Waals surface area contributed by atoms with E-state index in [0.29, 0.717) is 0 Å². The summed E-state index contributed by atoms with van der Waals surface area (Å²) in [6, 6.07) is 0. The van der Waals surface area contributed by atoms with E-state index < -0.39 is 0 Å². The van der Waals surface area contributed by atoms with Gasteiger partial charge in [0.1, 0.15) is 0 Å². The fraction of sp³-hybridized carbons (Fsp3) is 0.875. The molecular weight excluding hydrogens is 124 g/mol. The molecular formula is C8H18N2. The van der Waals surface area contributed by atoms with Gasteiger partial charge in [-0.1, -0.05) is 13.8 Å².